The lowest BCUT2D eigenvalue weighted by Gasteiger charge is -2.32. The van der Waals surface area contributed by atoms with Gasteiger partial charge in [0.15, 0.2) is 5.96 Å². The maximum absolute atomic E-state index is 5.60. The number of halogens is 1. The van der Waals surface area contributed by atoms with Crippen LogP contribution >= 0.6 is 24.0 Å². The Hall–Kier alpha value is -2.07. The summed E-state index contributed by atoms with van der Waals surface area (Å²) >= 11 is 0. The molecule has 8 heteroatoms. The number of ether oxygens (including phenoxy) is 2. The Balaban J connectivity index is 0.00000320. The van der Waals surface area contributed by atoms with E-state index in [2.05, 4.69) is 50.6 Å². The molecule has 164 valence electrons. The van der Waals surface area contributed by atoms with Crippen molar-refractivity contribution in [1.82, 2.24) is 15.6 Å². The van der Waals surface area contributed by atoms with Crippen molar-refractivity contribution < 1.29 is 9.47 Å². The maximum Gasteiger partial charge on any atom is 0.191 e. The van der Waals surface area contributed by atoms with Gasteiger partial charge in [0.05, 0.1) is 19.8 Å². The van der Waals surface area contributed by atoms with Gasteiger partial charge < -0.3 is 25.0 Å². The fourth-order valence-electron chi connectivity index (χ4n) is 3.37. The molecule has 0 aliphatic carbocycles. The minimum Gasteiger partial charge on any atom is -0.496 e. The van der Waals surface area contributed by atoms with Crippen molar-refractivity contribution in [3.63, 3.8) is 0 Å². The molecule has 0 amide bonds. The van der Waals surface area contributed by atoms with Gasteiger partial charge in [0.2, 0.25) is 0 Å². The van der Waals surface area contributed by atoms with Crippen LogP contribution in [-0.4, -0.2) is 57.4 Å². The summed E-state index contributed by atoms with van der Waals surface area (Å²) in [6.45, 7) is 6.05. The van der Waals surface area contributed by atoms with Gasteiger partial charge in [-0.25, -0.2) is 4.98 Å². The average Bonchev–Trinajstić information content (AvgIpc) is 2.76. The summed E-state index contributed by atoms with van der Waals surface area (Å²) in [6, 6.07) is 12.3. The highest BCUT2D eigenvalue weighted by Gasteiger charge is 2.17. The van der Waals surface area contributed by atoms with Crippen LogP contribution < -0.4 is 20.3 Å². The van der Waals surface area contributed by atoms with Gasteiger partial charge >= 0.3 is 0 Å². The van der Waals surface area contributed by atoms with Crippen LogP contribution in [0.4, 0.5) is 5.82 Å². The molecule has 0 radical (unpaired) electrons. The van der Waals surface area contributed by atoms with E-state index in [1.165, 1.54) is 5.56 Å². The molecule has 1 aromatic carbocycles. The summed E-state index contributed by atoms with van der Waals surface area (Å²) in [4.78, 5) is 11.2. The minimum absolute atomic E-state index is 0. The Morgan fingerprint density at radius 3 is 2.80 bits per heavy atom. The van der Waals surface area contributed by atoms with Gasteiger partial charge in [-0.2, -0.15) is 0 Å². The molecule has 7 nitrogen and oxygen atoms in total. The number of hydrogen-bond donors (Lipinski definition) is 2. The molecule has 0 saturated carbocycles. The first-order valence-corrected chi connectivity index (χ1v) is 10.1. The van der Waals surface area contributed by atoms with Crippen LogP contribution in [-0.2, 0) is 17.7 Å². The summed E-state index contributed by atoms with van der Waals surface area (Å²) in [6.07, 6.45) is 3.03. The van der Waals surface area contributed by atoms with Crippen molar-refractivity contribution in [3.8, 4) is 5.75 Å². The Bertz CT molecular complexity index is 800. The monoisotopic (exact) mass is 525 g/mol. The zero-order valence-electron chi connectivity index (χ0n) is 17.9. The van der Waals surface area contributed by atoms with Gasteiger partial charge in [-0.1, -0.05) is 24.3 Å². The molecule has 1 fully saturated rings. The van der Waals surface area contributed by atoms with E-state index in [0.717, 1.165) is 55.8 Å². The van der Waals surface area contributed by atoms with Gasteiger partial charge in [-0.15, -0.1) is 24.0 Å². The molecular weight excluding hydrogens is 493 g/mol. The van der Waals surface area contributed by atoms with Crippen molar-refractivity contribution in [1.29, 1.82) is 0 Å². The molecule has 3 rings (SSSR count). The first-order chi connectivity index (χ1) is 14.2. The summed E-state index contributed by atoms with van der Waals surface area (Å²) in [5.41, 5.74) is 2.29. The topological polar surface area (TPSA) is 71.0 Å². The number of nitrogens with zero attached hydrogens (tertiary/aromatic N) is 3. The highest BCUT2D eigenvalue weighted by atomic mass is 127. The molecule has 0 spiro atoms. The average molecular weight is 525 g/mol. The van der Waals surface area contributed by atoms with Gasteiger partial charge in [0.1, 0.15) is 11.6 Å². The molecule has 1 saturated heterocycles. The largest absolute Gasteiger partial charge is 0.496 e. The molecule has 0 bridgehead atoms. The summed E-state index contributed by atoms with van der Waals surface area (Å²) in [5.74, 6) is 2.69. The third-order valence-electron chi connectivity index (χ3n) is 4.94. The van der Waals surface area contributed by atoms with Crippen LogP contribution in [0.15, 0.2) is 47.6 Å². The molecule has 2 aromatic rings. The van der Waals surface area contributed by atoms with Crippen molar-refractivity contribution in [2.24, 2.45) is 4.99 Å². The molecular formula is C22H32IN5O2. The molecule has 1 atom stereocenters. The smallest absolute Gasteiger partial charge is 0.191 e. The highest BCUT2D eigenvalue weighted by molar-refractivity contribution is 14.0. The fourth-order valence-corrected chi connectivity index (χ4v) is 3.37. The van der Waals surface area contributed by atoms with E-state index in [9.17, 15) is 0 Å². The second kappa shape index (κ2) is 12.6. The highest BCUT2D eigenvalue weighted by Crippen LogP contribution is 2.17. The number of morpholine rings is 1. The Kier molecular flexibility index (Phi) is 10.2. The zero-order chi connectivity index (χ0) is 20.5. The number of aromatic nitrogens is 1. The quantitative estimate of drug-likeness (QED) is 0.329. The molecule has 2 N–H and O–H groups in total. The van der Waals surface area contributed by atoms with Crippen molar-refractivity contribution in [2.45, 2.75) is 26.0 Å². The number of rotatable bonds is 7. The predicted octanol–water partition coefficient (Wildman–Crippen LogP) is 2.84. The molecule has 2 heterocycles. The number of benzene rings is 1. The predicted molar refractivity (Wildman–Crippen MR) is 132 cm³/mol. The van der Waals surface area contributed by atoms with Crippen LogP contribution in [0.2, 0.25) is 0 Å². The molecule has 30 heavy (non-hydrogen) atoms. The first kappa shape index (κ1) is 24.2. The number of methoxy groups -OCH3 is 1. The van der Waals surface area contributed by atoms with E-state index in [1.54, 1.807) is 14.2 Å². The summed E-state index contributed by atoms with van der Waals surface area (Å²) in [5, 5.41) is 6.69. The van der Waals surface area contributed by atoms with Crippen LogP contribution in [0.25, 0.3) is 0 Å². The Morgan fingerprint density at radius 2 is 2.10 bits per heavy atom. The van der Waals surface area contributed by atoms with E-state index >= 15 is 0 Å². The first-order valence-electron chi connectivity index (χ1n) is 10.1. The fraction of sp³-hybridized carbons (Fsp3) is 0.455. The molecule has 1 aromatic heterocycles. The van der Waals surface area contributed by atoms with Crippen molar-refractivity contribution in [2.75, 3.05) is 45.3 Å². The third kappa shape index (κ3) is 7.02. The normalized spacial score (nSPS) is 16.6. The molecule has 1 aliphatic heterocycles. The number of anilines is 1. The number of hydrogen-bond acceptors (Lipinski definition) is 5. The lowest BCUT2D eigenvalue weighted by molar-refractivity contribution is 0.0529. The van der Waals surface area contributed by atoms with Crippen LogP contribution in [0.3, 0.4) is 0 Å². The van der Waals surface area contributed by atoms with E-state index in [0.29, 0.717) is 6.54 Å². The zero-order valence-corrected chi connectivity index (χ0v) is 20.3. The number of guanidine groups is 1. The lowest BCUT2D eigenvalue weighted by Crippen LogP contribution is -2.41. The standard InChI is InChI=1S/C22H31N5O2.HI/c1-17-16-27(12-13-29-17)21-9-8-18(14-25-21)15-26-22(23-2)24-11-10-19-6-4-5-7-20(19)28-3;/h4-9,14,17H,10-13,15-16H2,1-3H3,(H2,23,24,26);1H. The Morgan fingerprint density at radius 1 is 1.27 bits per heavy atom. The van der Waals surface area contributed by atoms with Gasteiger partial charge in [-0.05, 0) is 36.6 Å². The van der Waals surface area contributed by atoms with Crippen LogP contribution in [0.1, 0.15) is 18.1 Å². The van der Waals surface area contributed by atoms with Crippen LogP contribution in [0, 0.1) is 0 Å². The number of nitrogens with one attached hydrogen (secondary N) is 2. The van der Waals surface area contributed by atoms with E-state index in [-0.39, 0.29) is 30.1 Å². The number of aliphatic imine (C=N–C) groups is 1. The Labute approximate surface area is 196 Å². The van der Waals surface area contributed by atoms with Crippen molar-refractivity contribution in [3.05, 3.63) is 53.7 Å². The second-order valence-electron chi connectivity index (χ2n) is 7.07. The molecule has 1 unspecified atom stereocenters. The van der Waals surface area contributed by atoms with Crippen molar-refractivity contribution >= 4 is 35.8 Å². The third-order valence-corrected chi connectivity index (χ3v) is 4.94. The van der Waals surface area contributed by atoms with E-state index < -0.39 is 0 Å². The minimum atomic E-state index is 0. The SMILES string of the molecule is CN=C(NCCc1ccccc1OC)NCc1ccc(N2CCOC(C)C2)nc1.I. The van der Waals surface area contributed by atoms with E-state index in [4.69, 9.17) is 9.47 Å². The molecule has 1 aliphatic rings. The van der Waals surface area contributed by atoms with E-state index in [1.807, 2.05) is 24.4 Å². The number of pyridine rings is 1. The maximum atomic E-state index is 5.60. The lowest BCUT2D eigenvalue weighted by atomic mass is 10.1. The van der Waals surface area contributed by atoms with Crippen LogP contribution in [0.5, 0.6) is 5.75 Å². The van der Waals surface area contributed by atoms with Gasteiger partial charge in [-0.3, -0.25) is 4.99 Å². The van der Waals surface area contributed by atoms with Gasteiger partial charge in [0, 0.05) is 39.4 Å². The van der Waals surface area contributed by atoms with Gasteiger partial charge in [0.25, 0.3) is 0 Å². The summed E-state index contributed by atoms with van der Waals surface area (Å²) < 4.78 is 11.0. The second-order valence-corrected chi connectivity index (χ2v) is 7.07. The number of para-hydroxylation sites is 1. The summed E-state index contributed by atoms with van der Waals surface area (Å²) in [7, 11) is 3.48.